The van der Waals surface area contributed by atoms with E-state index < -0.39 is 0 Å². The van der Waals surface area contributed by atoms with Crippen LogP contribution in [0.3, 0.4) is 0 Å². The van der Waals surface area contributed by atoms with Gasteiger partial charge in [0.25, 0.3) is 0 Å². The molecule has 3 heteroatoms. The normalized spacial score (nSPS) is 13.1. The highest BCUT2D eigenvalue weighted by Crippen LogP contribution is 2.54. The van der Waals surface area contributed by atoms with Crippen molar-refractivity contribution in [1.29, 1.82) is 0 Å². The number of anilines is 3. The van der Waals surface area contributed by atoms with Crippen LogP contribution >= 0.6 is 0 Å². The van der Waals surface area contributed by atoms with Crippen LogP contribution in [0, 0.1) is 0 Å². The second kappa shape index (κ2) is 11.6. The molecule has 0 spiro atoms. The van der Waals surface area contributed by atoms with Gasteiger partial charge in [0.05, 0.1) is 0 Å². The van der Waals surface area contributed by atoms with Crippen LogP contribution in [0.25, 0.3) is 77.3 Å². The predicted octanol–water partition coefficient (Wildman–Crippen LogP) is 14.6. The molecule has 11 rings (SSSR count). The van der Waals surface area contributed by atoms with E-state index in [1.165, 1.54) is 33.4 Å². The number of nitrogens with zero attached hydrogens (tertiary/aromatic N) is 1. The molecule has 0 unspecified atom stereocenters. The molecule has 0 bridgehead atoms. The van der Waals surface area contributed by atoms with Gasteiger partial charge in [0.15, 0.2) is 0 Å². The molecule has 0 fully saturated rings. The van der Waals surface area contributed by atoms with Gasteiger partial charge in [-0.05, 0) is 111 Å². The van der Waals surface area contributed by atoms with Crippen LogP contribution in [-0.2, 0) is 5.41 Å². The molecule has 3 nitrogen and oxygen atoms in total. The third-order valence-electron chi connectivity index (χ3n) is 11.5. The first-order chi connectivity index (χ1) is 26.5. The van der Waals surface area contributed by atoms with Gasteiger partial charge in [-0.25, -0.2) is 0 Å². The van der Waals surface area contributed by atoms with Gasteiger partial charge in [-0.3, -0.25) is 0 Å². The minimum atomic E-state index is -0.179. The average molecular weight is 694 g/mol. The van der Waals surface area contributed by atoms with Gasteiger partial charge in [-0.1, -0.05) is 123 Å². The topological polar surface area (TPSA) is 29.5 Å². The van der Waals surface area contributed by atoms with Crippen LogP contribution in [0.1, 0.15) is 25.0 Å². The maximum absolute atomic E-state index is 6.26. The number of hydrogen-bond donors (Lipinski definition) is 0. The Kier molecular flexibility index (Phi) is 6.60. The van der Waals surface area contributed by atoms with Crippen molar-refractivity contribution >= 4 is 60.9 Å². The summed E-state index contributed by atoms with van der Waals surface area (Å²) >= 11 is 0. The Balaban J connectivity index is 1.06. The lowest BCUT2D eigenvalue weighted by Gasteiger charge is -2.28. The summed E-state index contributed by atoms with van der Waals surface area (Å²) in [5.41, 5.74) is 16.8. The summed E-state index contributed by atoms with van der Waals surface area (Å²) in [4.78, 5) is 2.38. The van der Waals surface area contributed by atoms with Crippen molar-refractivity contribution in [1.82, 2.24) is 0 Å². The molecule has 10 aromatic rings. The molecule has 2 aromatic heterocycles. The zero-order valence-corrected chi connectivity index (χ0v) is 30.0. The number of fused-ring (bicyclic) bond motifs is 9. The van der Waals surface area contributed by atoms with Crippen LogP contribution < -0.4 is 4.90 Å². The van der Waals surface area contributed by atoms with Crippen LogP contribution in [0.15, 0.2) is 185 Å². The number of para-hydroxylation sites is 2. The Morgan fingerprint density at radius 2 is 0.944 bits per heavy atom. The molecule has 0 atom stereocenters. The lowest BCUT2D eigenvalue weighted by molar-refractivity contribution is 0.660. The van der Waals surface area contributed by atoms with Gasteiger partial charge < -0.3 is 13.7 Å². The molecular weight excluding hydrogens is 659 g/mol. The van der Waals surface area contributed by atoms with Gasteiger partial charge in [0.1, 0.15) is 22.3 Å². The van der Waals surface area contributed by atoms with Crippen molar-refractivity contribution in [3.05, 3.63) is 187 Å². The monoisotopic (exact) mass is 693 g/mol. The van der Waals surface area contributed by atoms with E-state index >= 15 is 0 Å². The van der Waals surface area contributed by atoms with E-state index in [9.17, 15) is 0 Å². The van der Waals surface area contributed by atoms with E-state index in [1.807, 2.05) is 24.3 Å². The molecule has 1 aliphatic rings. The van der Waals surface area contributed by atoms with E-state index in [0.717, 1.165) is 72.1 Å². The van der Waals surface area contributed by atoms with E-state index in [4.69, 9.17) is 8.83 Å². The maximum atomic E-state index is 6.26. The van der Waals surface area contributed by atoms with Crippen LogP contribution in [-0.4, -0.2) is 0 Å². The molecule has 0 saturated heterocycles. The summed E-state index contributed by atoms with van der Waals surface area (Å²) in [7, 11) is 0. The van der Waals surface area contributed by atoms with Gasteiger partial charge in [-0.15, -0.1) is 0 Å². The van der Waals surface area contributed by atoms with Gasteiger partial charge >= 0.3 is 0 Å². The minimum Gasteiger partial charge on any atom is -0.456 e. The Morgan fingerprint density at radius 1 is 0.370 bits per heavy atom. The van der Waals surface area contributed by atoms with Crippen molar-refractivity contribution in [2.75, 3.05) is 4.90 Å². The van der Waals surface area contributed by atoms with Gasteiger partial charge in [-0.2, -0.15) is 0 Å². The number of hydrogen-bond acceptors (Lipinski definition) is 3. The van der Waals surface area contributed by atoms with E-state index in [2.05, 4.69) is 170 Å². The molecular formula is C51H35NO2. The highest BCUT2D eigenvalue weighted by atomic mass is 16.3. The molecule has 8 aromatic carbocycles. The van der Waals surface area contributed by atoms with Crippen molar-refractivity contribution < 1.29 is 8.83 Å². The molecule has 0 saturated carbocycles. The largest absolute Gasteiger partial charge is 0.456 e. The second-order valence-corrected chi connectivity index (χ2v) is 14.9. The lowest BCUT2D eigenvalue weighted by atomic mass is 9.81. The Hall–Kier alpha value is -6.84. The van der Waals surface area contributed by atoms with E-state index in [0.29, 0.717) is 0 Å². The molecule has 0 radical (unpaired) electrons. The summed E-state index contributed by atoms with van der Waals surface area (Å²) < 4.78 is 12.4. The maximum Gasteiger partial charge on any atom is 0.135 e. The third-order valence-corrected chi connectivity index (χ3v) is 11.5. The number of rotatable bonds is 5. The quantitative estimate of drug-likeness (QED) is 0.180. The minimum absolute atomic E-state index is 0.179. The van der Waals surface area contributed by atoms with Crippen molar-refractivity contribution in [3.8, 4) is 33.4 Å². The fourth-order valence-electron chi connectivity index (χ4n) is 8.78. The summed E-state index contributed by atoms with van der Waals surface area (Å²) in [6.07, 6.45) is 0. The molecule has 0 N–H and O–H groups in total. The van der Waals surface area contributed by atoms with Crippen LogP contribution in [0.2, 0.25) is 0 Å². The molecule has 1 aliphatic carbocycles. The predicted molar refractivity (Wildman–Crippen MR) is 224 cm³/mol. The van der Waals surface area contributed by atoms with Gasteiger partial charge in [0, 0.05) is 44.0 Å². The highest BCUT2D eigenvalue weighted by Gasteiger charge is 2.37. The first-order valence-corrected chi connectivity index (χ1v) is 18.6. The molecule has 54 heavy (non-hydrogen) atoms. The fraction of sp³-hybridized carbons (Fsp3) is 0.0588. The average Bonchev–Trinajstić information content (AvgIpc) is 3.86. The van der Waals surface area contributed by atoms with Gasteiger partial charge in [0.2, 0.25) is 0 Å². The molecule has 2 heterocycles. The summed E-state index contributed by atoms with van der Waals surface area (Å²) in [5.74, 6) is 0. The summed E-state index contributed by atoms with van der Waals surface area (Å²) in [6.45, 7) is 4.72. The SMILES string of the molecule is CC1(C)c2cc(N(c3ccc(-c4ccc5oc6ccccc6c5c4)cc3)c3ccc4oc5ccccc5c4c3)ccc2-c2c(-c3ccccc3)cccc21. The lowest BCUT2D eigenvalue weighted by Crippen LogP contribution is -2.16. The first kappa shape index (κ1) is 30.8. The standard InChI is InChI=1S/C51H35NO2/c1-51(2)44-16-10-15-38(33-11-4-3-5-12-33)50(44)41-26-24-37(31-45(41)51)52(36-25-28-49-43(30-36)40-14-7-9-18-47(40)54-49)35-22-19-32(20-23-35)34-21-27-48-42(29-34)39-13-6-8-17-46(39)53-48/h3-31H,1-2H3. The third kappa shape index (κ3) is 4.61. The number of furan rings is 2. The molecule has 0 aliphatic heterocycles. The Labute approximate surface area is 313 Å². The zero-order valence-electron chi connectivity index (χ0n) is 30.0. The Bertz CT molecular complexity index is 3070. The van der Waals surface area contributed by atoms with E-state index in [-0.39, 0.29) is 5.41 Å². The summed E-state index contributed by atoms with van der Waals surface area (Å²) in [6, 6.07) is 63.1. The summed E-state index contributed by atoms with van der Waals surface area (Å²) in [5, 5.41) is 4.49. The smallest absolute Gasteiger partial charge is 0.135 e. The van der Waals surface area contributed by atoms with Crippen molar-refractivity contribution in [2.24, 2.45) is 0 Å². The Morgan fingerprint density at radius 3 is 1.69 bits per heavy atom. The molecule has 256 valence electrons. The van der Waals surface area contributed by atoms with Crippen LogP contribution in [0.4, 0.5) is 17.1 Å². The van der Waals surface area contributed by atoms with E-state index in [1.54, 1.807) is 0 Å². The highest BCUT2D eigenvalue weighted by molar-refractivity contribution is 6.07. The molecule has 0 amide bonds. The van der Waals surface area contributed by atoms with Crippen molar-refractivity contribution in [2.45, 2.75) is 19.3 Å². The van der Waals surface area contributed by atoms with Crippen molar-refractivity contribution in [3.63, 3.8) is 0 Å². The van der Waals surface area contributed by atoms with Crippen LogP contribution in [0.5, 0.6) is 0 Å². The number of benzene rings is 8. The second-order valence-electron chi connectivity index (χ2n) is 14.9. The first-order valence-electron chi connectivity index (χ1n) is 18.6. The zero-order chi connectivity index (χ0) is 36.0. The fourth-order valence-corrected chi connectivity index (χ4v) is 8.78.